The van der Waals surface area contributed by atoms with E-state index in [4.69, 9.17) is 0 Å². The minimum Gasteiger partial charge on any atom is -0.0864 e. The molecule has 0 aliphatic carbocycles. The van der Waals surface area contributed by atoms with Crippen LogP contribution in [-0.4, -0.2) is 4.43 Å². The summed E-state index contributed by atoms with van der Waals surface area (Å²) in [5.41, 5.74) is 0. The highest BCUT2D eigenvalue weighted by molar-refractivity contribution is 14.1. The van der Waals surface area contributed by atoms with Gasteiger partial charge in [-0.15, -0.1) is 0 Å². The first-order chi connectivity index (χ1) is 8.35. The summed E-state index contributed by atoms with van der Waals surface area (Å²) in [6, 6.07) is 0. The zero-order chi connectivity index (χ0) is 12.8. The summed E-state index contributed by atoms with van der Waals surface area (Å²) in [6.07, 6.45) is 17.4. The smallest absolute Gasteiger partial charge is 0.000209 e. The molecule has 0 aromatic rings. The third kappa shape index (κ3) is 13.0. The SMILES string of the molecule is CCCCCCC[C@@H](CCI)CCCCCC. The summed E-state index contributed by atoms with van der Waals surface area (Å²) in [5, 5.41) is 0. The van der Waals surface area contributed by atoms with Crippen LogP contribution in [0.4, 0.5) is 0 Å². The second kappa shape index (κ2) is 14.8. The van der Waals surface area contributed by atoms with Gasteiger partial charge in [-0.3, -0.25) is 0 Å². The molecule has 1 atom stereocenters. The average molecular weight is 352 g/mol. The van der Waals surface area contributed by atoms with E-state index in [-0.39, 0.29) is 0 Å². The summed E-state index contributed by atoms with van der Waals surface area (Å²) in [7, 11) is 0. The molecule has 17 heavy (non-hydrogen) atoms. The summed E-state index contributed by atoms with van der Waals surface area (Å²) >= 11 is 2.55. The molecule has 0 aliphatic heterocycles. The molecule has 0 heterocycles. The molecular weight excluding hydrogens is 319 g/mol. The van der Waals surface area contributed by atoms with Gasteiger partial charge in [0, 0.05) is 0 Å². The first-order valence-electron chi connectivity index (χ1n) is 7.91. The van der Waals surface area contributed by atoms with Crippen molar-refractivity contribution in [3.8, 4) is 0 Å². The quantitative estimate of drug-likeness (QED) is 0.195. The predicted molar refractivity (Wildman–Crippen MR) is 89.1 cm³/mol. The Bertz CT molecular complexity index is 133. The predicted octanol–water partition coefficient (Wildman–Crippen LogP) is 6.76. The monoisotopic (exact) mass is 352 g/mol. The fourth-order valence-electron chi connectivity index (χ4n) is 2.48. The van der Waals surface area contributed by atoms with Gasteiger partial charge in [0.15, 0.2) is 0 Å². The van der Waals surface area contributed by atoms with Crippen molar-refractivity contribution in [2.75, 3.05) is 4.43 Å². The van der Waals surface area contributed by atoms with Gasteiger partial charge in [-0.2, -0.15) is 0 Å². The zero-order valence-corrected chi connectivity index (χ0v) is 14.3. The molecule has 104 valence electrons. The van der Waals surface area contributed by atoms with Gasteiger partial charge in [0.2, 0.25) is 0 Å². The Kier molecular flexibility index (Phi) is 15.4. The first-order valence-corrected chi connectivity index (χ1v) is 9.43. The molecule has 0 fully saturated rings. The van der Waals surface area contributed by atoms with E-state index in [1.807, 2.05) is 0 Å². The Morgan fingerprint density at radius 3 is 1.59 bits per heavy atom. The van der Waals surface area contributed by atoms with Crippen LogP contribution in [0.3, 0.4) is 0 Å². The van der Waals surface area contributed by atoms with Crippen LogP contribution in [0.25, 0.3) is 0 Å². The minimum absolute atomic E-state index is 1.03. The van der Waals surface area contributed by atoms with Crippen LogP contribution in [0, 0.1) is 5.92 Å². The minimum atomic E-state index is 1.03. The summed E-state index contributed by atoms with van der Waals surface area (Å²) in [4.78, 5) is 0. The maximum absolute atomic E-state index is 2.55. The van der Waals surface area contributed by atoms with E-state index in [0.717, 1.165) is 5.92 Å². The summed E-state index contributed by atoms with van der Waals surface area (Å²) < 4.78 is 1.35. The lowest BCUT2D eigenvalue weighted by Crippen LogP contribution is -2.01. The van der Waals surface area contributed by atoms with Gasteiger partial charge in [-0.05, 0) is 16.8 Å². The second-order valence-corrected chi connectivity index (χ2v) is 6.47. The molecule has 0 radical (unpaired) electrons. The Balaban J connectivity index is 3.45. The van der Waals surface area contributed by atoms with Gasteiger partial charge >= 0.3 is 0 Å². The van der Waals surface area contributed by atoms with Gasteiger partial charge in [0.05, 0.1) is 0 Å². The van der Waals surface area contributed by atoms with Crippen LogP contribution < -0.4 is 0 Å². The van der Waals surface area contributed by atoms with E-state index in [1.54, 1.807) is 0 Å². The van der Waals surface area contributed by atoms with E-state index in [1.165, 1.54) is 81.5 Å². The molecule has 0 N–H and O–H groups in total. The van der Waals surface area contributed by atoms with Crippen molar-refractivity contribution in [1.82, 2.24) is 0 Å². The first kappa shape index (κ1) is 17.7. The molecule has 0 amide bonds. The normalized spacial score (nSPS) is 12.9. The maximum atomic E-state index is 2.55. The van der Waals surface area contributed by atoms with Crippen LogP contribution in [0.1, 0.15) is 90.9 Å². The van der Waals surface area contributed by atoms with Crippen molar-refractivity contribution in [3.63, 3.8) is 0 Å². The van der Waals surface area contributed by atoms with Gasteiger partial charge < -0.3 is 0 Å². The number of hydrogen-bond donors (Lipinski definition) is 0. The Morgan fingerprint density at radius 2 is 1.12 bits per heavy atom. The average Bonchev–Trinajstić information content (AvgIpc) is 2.34. The topological polar surface area (TPSA) is 0 Å². The van der Waals surface area contributed by atoms with Crippen molar-refractivity contribution in [2.24, 2.45) is 5.92 Å². The molecule has 1 heteroatoms. The van der Waals surface area contributed by atoms with E-state index in [9.17, 15) is 0 Å². The number of hydrogen-bond acceptors (Lipinski definition) is 0. The van der Waals surface area contributed by atoms with Crippen molar-refractivity contribution < 1.29 is 0 Å². The number of halogens is 1. The molecule has 0 aromatic carbocycles. The fourth-order valence-corrected chi connectivity index (χ4v) is 3.36. The van der Waals surface area contributed by atoms with Crippen molar-refractivity contribution in [3.05, 3.63) is 0 Å². The highest BCUT2D eigenvalue weighted by atomic mass is 127. The molecule has 0 saturated heterocycles. The molecule has 0 nitrogen and oxygen atoms in total. The Morgan fingerprint density at radius 1 is 0.647 bits per heavy atom. The molecule has 0 aliphatic rings. The Hall–Kier alpha value is 0.730. The van der Waals surface area contributed by atoms with Crippen LogP contribution in [-0.2, 0) is 0 Å². The van der Waals surface area contributed by atoms with Gasteiger partial charge in [-0.25, -0.2) is 0 Å². The van der Waals surface area contributed by atoms with Crippen LogP contribution in [0.5, 0.6) is 0 Å². The second-order valence-electron chi connectivity index (χ2n) is 5.40. The third-order valence-electron chi connectivity index (χ3n) is 3.70. The number of rotatable bonds is 13. The highest BCUT2D eigenvalue weighted by Crippen LogP contribution is 2.22. The van der Waals surface area contributed by atoms with Gasteiger partial charge in [0.1, 0.15) is 0 Å². The lowest BCUT2D eigenvalue weighted by molar-refractivity contribution is 0.398. The summed E-state index contributed by atoms with van der Waals surface area (Å²) in [6.45, 7) is 4.60. The van der Waals surface area contributed by atoms with E-state index in [2.05, 4.69) is 36.4 Å². The lowest BCUT2D eigenvalue weighted by atomic mass is 9.92. The van der Waals surface area contributed by atoms with E-state index in [0.29, 0.717) is 0 Å². The molecule has 0 saturated carbocycles. The standard InChI is InChI=1S/C16H33I/c1-3-5-7-9-11-13-16(14-15-17)12-10-8-6-4-2/h16H,3-15H2,1-2H3/t16-/m0/s1. The van der Waals surface area contributed by atoms with E-state index < -0.39 is 0 Å². The Labute approximate surface area is 123 Å². The van der Waals surface area contributed by atoms with Gasteiger partial charge in [0.25, 0.3) is 0 Å². The van der Waals surface area contributed by atoms with Crippen LogP contribution in [0.15, 0.2) is 0 Å². The molecule has 0 bridgehead atoms. The zero-order valence-electron chi connectivity index (χ0n) is 12.1. The van der Waals surface area contributed by atoms with Crippen LogP contribution in [0.2, 0.25) is 0 Å². The molecule has 0 aromatic heterocycles. The van der Waals surface area contributed by atoms with Gasteiger partial charge in [-0.1, -0.05) is 107 Å². The summed E-state index contributed by atoms with van der Waals surface area (Å²) in [5.74, 6) is 1.03. The van der Waals surface area contributed by atoms with Crippen molar-refractivity contribution in [2.45, 2.75) is 90.9 Å². The van der Waals surface area contributed by atoms with Crippen LogP contribution >= 0.6 is 22.6 Å². The molecule has 0 rings (SSSR count). The third-order valence-corrected chi connectivity index (χ3v) is 4.32. The molecule has 0 unspecified atom stereocenters. The lowest BCUT2D eigenvalue weighted by Gasteiger charge is -2.15. The number of unbranched alkanes of at least 4 members (excludes halogenated alkanes) is 7. The molecule has 0 spiro atoms. The van der Waals surface area contributed by atoms with E-state index >= 15 is 0 Å². The van der Waals surface area contributed by atoms with Crippen molar-refractivity contribution in [1.29, 1.82) is 0 Å². The largest absolute Gasteiger partial charge is 0.0864 e. The highest BCUT2D eigenvalue weighted by Gasteiger charge is 2.07. The maximum Gasteiger partial charge on any atom is -0.000209 e. The fraction of sp³-hybridized carbons (Fsp3) is 1.00. The number of alkyl halides is 1. The molecular formula is C16H33I. The van der Waals surface area contributed by atoms with Crippen molar-refractivity contribution >= 4 is 22.6 Å².